The van der Waals surface area contributed by atoms with Gasteiger partial charge in [0.1, 0.15) is 11.4 Å². The molecule has 0 N–H and O–H groups in total. The second-order valence-corrected chi connectivity index (χ2v) is 22.6. The molecule has 0 saturated carbocycles. The molecular weight excluding hydrogens is 769 g/mol. The van der Waals surface area contributed by atoms with Crippen molar-refractivity contribution >= 4 is 24.2 Å². The summed E-state index contributed by atoms with van der Waals surface area (Å²) in [7, 11) is 1.60. The van der Waals surface area contributed by atoms with Crippen LogP contribution in [0.1, 0.15) is 89.8 Å². The zero-order valence-electron chi connectivity index (χ0n) is 34.9. The van der Waals surface area contributed by atoms with E-state index in [-0.39, 0.29) is 47.6 Å². The summed E-state index contributed by atoms with van der Waals surface area (Å²) in [6.07, 6.45) is 5.39. The first-order valence-corrected chi connectivity index (χ1v) is 24.5. The minimum absolute atomic E-state index is 0.00223. The first-order valence-electron chi connectivity index (χ1n) is 20.4. The summed E-state index contributed by atoms with van der Waals surface area (Å²) in [5.41, 5.74) is 3.63. The quantitative estimate of drug-likeness (QED) is 0.0418. The Kier molecular flexibility index (Phi) is 15.5. The van der Waals surface area contributed by atoms with Gasteiger partial charge < -0.3 is 28.1 Å². The van der Waals surface area contributed by atoms with Crippen LogP contribution in [0.2, 0.25) is 18.1 Å². The van der Waals surface area contributed by atoms with Gasteiger partial charge in [-0.25, -0.2) is 0 Å². The van der Waals surface area contributed by atoms with Gasteiger partial charge >= 0.3 is 0 Å². The molecule has 55 heavy (non-hydrogen) atoms. The van der Waals surface area contributed by atoms with Gasteiger partial charge in [-0.1, -0.05) is 130 Å². The van der Waals surface area contributed by atoms with Crippen molar-refractivity contribution in [3.63, 3.8) is 0 Å². The summed E-state index contributed by atoms with van der Waals surface area (Å²) in [5, 5.41) is 0.959. The highest BCUT2D eigenvalue weighted by Crippen LogP contribution is 2.44. The monoisotopic (exact) mass is 834 g/mol. The highest BCUT2D eigenvalue weighted by atomic mass is 79.9. The SMILES string of the molecule is C=C1C(C[C@@H]2O[C@H](C[C@@H](CC)O[Si](C)(C)C(C)(C)C)[C@H](OC)[C@H]2CBr)O[C@@H](CCCOC(c2ccccc2)(c2ccccc2)c2ccc(OC)cc2)C[C@H]1C. The van der Waals surface area contributed by atoms with E-state index in [9.17, 15) is 0 Å². The summed E-state index contributed by atoms with van der Waals surface area (Å²) in [5.74, 6) is 1.39. The van der Waals surface area contributed by atoms with E-state index in [1.54, 1.807) is 7.11 Å². The molecule has 8 heteroatoms. The predicted octanol–water partition coefficient (Wildman–Crippen LogP) is 11.5. The molecule has 302 valence electrons. The summed E-state index contributed by atoms with van der Waals surface area (Å²) < 4.78 is 39.6. The second kappa shape index (κ2) is 19.4. The van der Waals surface area contributed by atoms with Crippen LogP contribution in [-0.4, -0.2) is 71.1 Å². The Morgan fingerprint density at radius 3 is 2.00 bits per heavy atom. The highest BCUT2D eigenvalue weighted by molar-refractivity contribution is 9.09. The molecule has 2 aliphatic heterocycles. The number of hydrogen-bond acceptors (Lipinski definition) is 6. The normalized spacial score (nSPS) is 25.6. The Balaban J connectivity index is 1.27. The van der Waals surface area contributed by atoms with Gasteiger partial charge in [0.25, 0.3) is 0 Å². The third-order valence-electron chi connectivity index (χ3n) is 12.6. The van der Waals surface area contributed by atoms with Crippen molar-refractivity contribution in [1.82, 2.24) is 0 Å². The van der Waals surface area contributed by atoms with Gasteiger partial charge in [-0.15, -0.1) is 0 Å². The Bertz CT molecular complexity index is 1570. The van der Waals surface area contributed by atoms with Crippen molar-refractivity contribution in [2.75, 3.05) is 26.2 Å². The first kappa shape index (κ1) is 43.8. The molecule has 5 rings (SSSR count). The van der Waals surface area contributed by atoms with Crippen LogP contribution >= 0.6 is 15.9 Å². The van der Waals surface area contributed by atoms with Crippen LogP contribution in [0.25, 0.3) is 0 Å². The summed E-state index contributed by atoms with van der Waals surface area (Å²) in [6.45, 7) is 21.2. The van der Waals surface area contributed by atoms with Crippen molar-refractivity contribution in [2.45, 2.75) is 134 Å². The number of benzene rings is 3. The van der Waals surface area contributed by atoms with Crippen LogP contribution in [0.3, 0.4) is 0 Å². The van der Waals surface area contributed by atoms with E-state index >= 15 is 0 Å². The van der Waals surface area contributed by atoms with Crippen LogP contribution in [0, 0.1) is 11.8 Å². The molecule has 2 heterocycles. The van der Waals surface area contributed by atoms with Crippen molar-refractivity contribution in [2.24, 2.45) is 11.8 Å². The molecule has 3 aromatic carbocycles. The second-order valence-electron chi connectivity index (χ2n) is 17.2. The Morgan fingerprint density at radius 1 is 0.873 bits per heavy atom. The van der Waals surface area contributed by atoms with E-state index in [4.69, 9.17) is 28.1 Å². The Morgan fingerprint density at radius 2 is 1.47 bits per heavy atom. The lowest BCUT2D eigenvalue weighted by molar-refractivity contribution is -0.0771. The van der Waals surface area contributed by atoms with E-state index in [2.05, 4.69) is 143 Å². The number of rotatable bonds is 18. The molecule has 2 aliphatic rings. The van der Waals surface area contributed by atoms with Crippen molar-refractivity contribution in [3.8, 4) is 5.75 Å². The predicted molar refractivity (Wildman–Crippen MR) is 231 cm³/mol. The largest absolute Gasteiger partial charge is 0.497 e. The average Bonchev–Trinajstić information content (AvgIpc) is 3.51. The molecule has 3 aromatic rings. The molecular formula is C47H67BrO6Si. The van der Waals surface area contributed by atoms with Crippen LogP contribution in [0.5, 0.6) is 5.75 Å². The molecule has 0 aromatic heterocycles. The molecule has 0 spiro atoms. The average molecular weight is 836 g/mol. The first-order chi connectivity index (χ1) is 26.3. The minimum Gasteiger partial charge on any atom is -0.497 e. The summed E-state index contributed by atoms with van der Waals surface area (Å²) in [6, 6.07) is 29.4. The molecule has 0 aliphatic carbocycles. The van der Waals surface area contributed by atoms with Gasteiger partial charge in [0.05, 0.1) is 37.6 Å². The number of ether oxygens (including phenoxy) is 5. The van der Waals surface area contributed by atoms with Gasteiger partial charge in [0, 0.05) is 43.9 Å². The lowest BCUT2D eigenvalue weighted by Gasteiger charge is -2.40. The van der Waals surface area contributed by atoms with Crippen molar-refractivity contribution in [1.29, 1.82) is 0 Å². The Labute approximate surface area is 341 Å². The number of methoxy groups -OCH3 is 2. The number of halogens is 1. The fraction of sp³-hybridized carbons (Fsp3) is 0.574. The number of hydrogen-bond donors (Lipinski definition) is 0. The maximum absolute atomic E-state index is 7.13. The van der Waals surface area contributed by atoms with Crippen LogP contribution in [-0.2, 0) is 29.0 Å². The van der Waals surface area contributed by atoms with Gasteiger partial charge in [0.15, 0.2) is 8.32 Å². The zero-order chi connectivity index (χ0) is 39.8. The van der Waals surface area contributed by atoms with Crippen LogP contribution in [0.15, 0.2) is 97.1 Å². The minimum atomic E-state index is -1.93. The van der Waals surface area contributed by atoms with Crippen molar-refractivity contribution in [3.05, 3.63) is 114 Å². The molecule has 0 bridgehead atoms. The highest BCUT2D eigenvalue weighted by Gasteiger charge is 2.48. The molecule has 0 radical (unpaired) electrons. The summed E-state index contributed by atoms with van der Waals surface area (Å²) >= 11 is 3.84. The van der Waals surface area contributed by atoms with E-state index in [0.717, 1.165) is 66.3 Å². The van der Waals surface area contributed by atoms with E-state index in [0.29, 0.717) is 12.5 Å². The maximum Gasteiger partial charge on any atom is 0.192 e. The topological polar surface area (TPSA) is 55.4 Å². The lowest BCUT2D eigenvalue weighted by Crippen LogP contribution is -2.45. The van der Waals surface area contributed by atoms with Crippen molar-refractivity contribution < 1.29 is 28.1 Å². The molecule has 1 unspecified atom stereocenters. The molecule has 0 amide bonds. The van der Waals surface area contributed by atoms with Gasteiger partial charge in [-0.3, -0.25) is 0 Å². The number of alkyl halides is 1. The lowest BCUT2D eigenvalue weighted by atomic mass is 9.80. The van der Waals surface area contributed by atoms with E-state index in [1.165, 1.54) is 5.57 Å². The Hall–Kier alpha value is -2.30. The molecule has 6 nitrogen and oxygen atoms in total. The standard InChI is InChI=1S/C47H67BrO6Si/c1-11-38(54-55(9,10)46(4,5)6)30-44-45(50-8)41(32-48)43(53-44)31-42-34(3)33(2)29-40(52-42)23-18-28-51-47(35-19-14-12-15-20-35,36-21-16-13-17-22-36)37-24-26-39(49-7)27-25-37/h12-17,19-22,24-27,33,38,40-45H,3,11,18,23,28-32H2,1-2,4-10H3/t33-,38-,40+,41+,42?,43+,44-,45-/m1/s1. The van der Waals surface area contributed by atoms with Crippen LogP contribution in [0.4, 0.5) is 0 Å². The molecule has 2 saturated heterocycles. The van der Waals surface area contributed by atoms with Gasteiger partial charge in [-0.2, -0.15) is 0 Å². The third kappa shape index (κ3) is 10.2. The van der Waals surface area contributed by atoms with E-state index < -0.39 is 13.9 Å². The van der Waals surface area contributed by atoms with Crippen LogP contribution < -0.4 is 4.74 Å². The van der Waals surface area contributed by atoms with E-state index in [1.807, 2.05) is 19.2 Å². The zero-order valence-corrected chi connectivity index (χ0v) is 37.5. The maximum atomic E-state index is 7.13. The molecule has 2 fully saturated rings. The fourth-order valence-corrected chi connectivity index (χ4v) is 10.5. The molecule has 8 atom stereocenters. The fourth-order valence-electron chi connectivity index (χ4n) is 8.27. The smallest absolute Gasteiger partial charge is 0.192 e. The van der Waals surface area contributed by atoms with Gasteiger partial charge in [0.2, 0.25) is 0 Å². The van der Waals surface area contributed by atoms with Gasteiger partial charge in [-0.05, 0) is 84.1 Å². The third-order valence-corrected chi connectivity index (χ3v) is 17.9. The summed E-state index contributed by atoms with van der Waals surface area (Å²) in [4.78, 5) is 0.